The first-order chi connectivity index (χ1) is 7.56. The van der Waals surface area contributed by atoms with Crippen LogP contribution in [0.5, 0.6) is 0 Å². The molecular weight excluding hydrogens is 228 g/mol. The van der Waals surface area contributed by atoms with Crippen LogP contribution in [-0.2, 0) is 16.0 Å². The summed E-state index contributed by atoms with van der Waals surface area (Å²) in [5.41, 5.74) is 0.811. The van der Waals surface area contributed by atoms with Crippen LogP contribution in [0.1, 0.15) is 18.9 Å². The molecule has 1 aromatic carbocycles. The summed E-state index contributed by atoms with van der Waals surface area (Å²) in [4.78, 5) is 21.9. The molecule has 1 atom stereocenters. The molecule has 0 radical (unpaired) electrons. The highest BCUT2D eigenvalue weighted by molar-refractivity contribution is 6.34. The van der Waals surface area contributed by atoms with Crippen molar-refractivity contribution in [1.29, 1.82) is 0 Å². The Morgan fingerprint density at radius 3 is 2.50 bits per heavy atom. The van der Waals surface area contributed by atoms with Crippen molar-refractivity contribution in [2.45, 2.75) is 19.8 Å². The number of hydrogen-bond acceptors (Lipinski definition) is 2. The highest BCUT2D eigenvalue weighted by Crippen LogP contribution is 2.20. The highest BCUT2D eigenvalue weighted by atomic mass is 35.5. The van der Waals surface area contributed by atoms with Gasteiger partial charge in [-0.1, -0.05) is 36.7 Å². The zero-order valence-electron chi connectivity index (χ0n) is 8.94. The van der Waals surface area contributed by atoms with Crippen LogP contribution in [0.2, 0.25) is 5.02 Å². The SMILES string of the molecule is CCC(Cc1ccccc1Cl)C(=O)C(=O)O. The lowest BCUT2D eigenvalue weighted by Crippen LogP contribution is -2.24. The van der Waals surface area contributed by atoms with Crippen molar-refractivity contribution in [1.82, 2.24) is 0 Å². The van der Waals surface area contributed by atoms with E-state index >= 15 is 0 Å². The Bertz CT molecular complexity index is 401. The van der Waals surface area contributed by atoms with E-state index in [2.05, 4.69) is 0 Å². The first kappa shape index (κ1) is 12.7. The van der Waals surface area contributed by atoms with Crippen LogP contribution in [-0.4, -0.2) is 16.9 Å². The molecule has 4 heteroatoms. The summed E-state index contributed by atoms with van der Waals surface area (Å²) in [6, 6.07) is 7.15. The van der Waals surface area contributed by atoms with Gasteiger partial charge in [-0.05, 0) is 24.5 Å². The first-order valence-electron chi connectivity index (χ1n) is 5.06. The Kier molecular flexibility index (Phi) is 4.50. The van der Waals surface area contributed by atoms with Gasteiger partial charge in [0, 0.05) is 10.9 Å². The van der Waals surface area contributed by atoms with E-state index in [0.29, 0.717) is 17.9 Å². The van der Waals surface area contributed by atoms with Gasteiger partial charge in [-0.2, -0.15) is 0 Å². The molecule has 0 aliphatic heterocycles. The lowest BCUT2D eigenvalue weighted by atomic mass is 9.93. The molecule has 1 unspecified atom stereocenters. The molecule has 0 aromatic heterocycles. The fraction of sp³-hybridized carbons (Fsp3) is 0.333. The van der Waals surface area contributed by atoms with Gasteiger partial charge >= 0.3 is 5.97 Å². The quantitative estimate of drug-likeness (QED) is 0.805. The van der Waals surface area contributed by atoms with E-state index in [0.717, 1.165) is 5.56 Å². The summed E-state index contributed by atoms with van der Waals surface area (Å²) >= 11 is 5.95. The number of hydrogen-bond donors (Lipinski definition) is 1. The molecule has 3 nitrogen and oxygen atoms in total. The zero-order valence-corrected chi connectivity index (χ0v) is 9.70. The Morgan fingerprint density at radius 2 is 2.00 bits per heavy atom. The fourth-order valence-electron chi connectivity index (χ4n) is 1.53. The first-order valence-corrected chi connectivity index (χ1v) is 5.44. The molecule has 0 spiro atoms. The number of ketones is 1. The summed E-state index contributed by atoms with van der Waals surface area (Å²) in [7, 11) is 0. The Morgan fingerprint density at radius 1 is 1.38 bits per heavy atom. The maximum Gasteiger partial charge on any atom is 0.372 e. The van der Waals surface area contributed by atoms with Gasteiger partial charge in [0.05, 0.1) is 0 Å². The van der Waals surface area contributed by atoms with Crippen LogP contribution in [0.25, 0.3) is 0 Å². The maximum absolute atomic E-state index is 11.3. The minimum atomic E-state index is -1.38. The number of carboxylic acids is 1. The van der Waals surface area contributed by atoms with Crippen LogP contribution in [0, 0.1) is 5.92 Å². The van der Waals surface area contributed by atoms with Crippen molar-refractivity contribution in [2.75, 3.05) is 0 Å². The third-order valence-electron chi connectivity index (χ3n) is 2.50. The summed E-state index contributed by atoms with van der Waals surface area (Å²) in [5.74, 6) is -2.63. The van der Waals surface area contributed by atoms with Gasteiger partial charge in [0.2, 0.25) is 5.78 Å². The maximum atomic E-state index is 11.3. The van der Waals surface area contributed by atoms with E-state index in [4.69, 9.17) is 16.7 Å². The standard InChI is InChI=1S/C12H13ClO3/c1-2-8(11(14)12(15)16)7-9-5-3-4-6-10(9)13/h3-6,8H,2,7H2,1H3,(H,15,16). The topological polar surface area (TPSA) is 54.4 Å². The Balaban J connectivity index is 2.82. The number of carbonyl (C=O) groups excluding carboxylic acids is 1. The fourth-order valence-corrected chi connectivity index (χ4v) is 1.74. The molecule has 0 aliphatic carbocycles. The van der Waals surface area contributed by atoms with Gasteiger partial charge < -0.3 is 5.11 Å². The monoisotopic (exact) mass is 240 g/mol. The molecule has 0 saturated heterocycles. The third-order valence-corrected chi connectivity index (χ3v) is 2.87. The minimum Gasteiger partial charge on any atom is -0.475 e. The lowest BCUT2D eigenvalue weighted by Gasteiger charge is -2.11. The Hall–Kier alpha value is -1.35. The molecule has 0 bridgehead atoms. The smallest absolute Gasteiger partial charge is 0.372 e. The van der Waals surface area contributed by atoms with Gasteiger partial charge in [-0.25, -0.2) is 4.79 Å². The molecule has 0 fully saturated rings. The molecule has 0 aliphatic rings. The second kappa shape index (κ2) is 5.66. The van der Waals surface area contributed by atoms with Gasteiger partial charge in [0.25, 0.3) is 0 Å². The van der Waals surface area contributed by atoms with Gasteiger partial charge in [-0.3, -0.25) is 4.79 Å². The number of rotatable bonds is 5. The molecule has 0 heterocycles. The van der Waals surface area contributed by atoms with Crippen molar-refractivity contribution >= 4 is 23.4 Å². The molecule has 86 valence electrons. The highest BCUT2D eigenvalue weighted by Gasteiger charge is 2.23. The lowest BCUT2D eigenvalue weighted by molar-refractivity contribution is -0.151. The molecule has 16 heavy (non-hydrogen) atoms. The predicted octanol–water partition coefficient (Wildman–Crippen LogP) is 2.56. The zero-order chi connectivity index (χ0) is 12.1. The van der Waals surface area contributed by atoms with Crippen molar-refractivity contribution in [2.24, 2.45) is 5.92 Å². The van der Waals surface area contributed by atoms with Crippen LogP contribution < -0.4 is 0 Å². The normalized spacial score (nSPS) is 12.1. The molecule has 1 aromatic rings. The molecule has 1 rings (SSSR count). The average molecular weight is 241 g/mol. The number of halogens is 1. The largest absolute Gasteiger partial charge is 0.475 e. The van der Waals surface area contributed by atoms with Crippen LogP contribution >= 0.6 is 11.6 Å². The van der Waals surface area contributed by atoms with Crippen molar-refractivity contribution in [3.63, 3.8) is 0 Å². The number of benzene rings is 1. The van der Waals surface area contributed by atoms with E-state index in [1.165, 1.54) is 0 Å². The van der Waals surface area contributed by atoms with Gasteiger partial charge in [-0.15, -0.1) is 0 Å². The second-order valence-electron chi connectivity index (χ2n) is 3.57. The van der Waals surface area contributed by atoms with Gasteiger partial charge in [0.15, 0.2) is 0 Å². The van der Waals surface area contributed by atoms with E-state index in [9.17, 15) is 9.59 Å². The molecule has 0 amide bonds. The minimum absolute atomic E-state index is 0.376. The predicted molar refractivity (Wildman–Crippen MR) is 61.6 cm³/mol. The van der Waals surface area contributed by atoms with E-state index in [-0.39, 0.29) is 0 Å². The van der Waals surface area contributed by atoms with Crippen molar-refractivity contribution in [3.8, 4) is 0 Å². The second-order valence-corrected chi connectivity index (χ2v) is 3.98. The average Bonchev–Trinajstić information content (AvgIpc) is 2.27. The number of carboxylic acid groups (broad SMARTS) is 1. The molecule has 1 N–H and O–H groups in total. The van der Waals surface area contributed by atoms with Crippen LogP contribution in [0.15, 0.2) is 24.3 Å². The number of carbonyl (C=O) groups is 2. The Labute approximate surface area is 99.0 Å². The van der Waals surface area contributed by atoms with E-state index in [1.54, 1.807) is 25.1 Å². The molecule has 0 saturated carbocycles. The van der Waals surface area contributed by atoms with E-state index in [1.807, 2.05) is 6.07 Å². The van der Waals surface area contributed by atoms with Gasteiger partial charge in [0.1, 0.15) is 0 Å². The third kappa shape index (κ3) is 3.07. The van der Waals surface area contributed by atoms with Crippen LogP contribution in [0.3, 0.4) is 0 Å². The molecular formula is C12H13ClO3. The number of aliphatic carboxylic acids is 1. The summed E-state index contributed by atoms with van der Waals surface area (Å²) in [5, 5.41) is 9.22. The van der Waals surface area contributed by atoms with E-state index < -0.39 is 17.7 Å². The summed E-state index contributed by atoms with van der Waals surface area (Å²) in [6.45, 7) is 1.79. The van der Waals surface area contributed by atoms with Crippen molar-refractivity contribution in [3.05, 3.63) is 34.9 Å². The van der Waals surface area contributed by atoms with Crippen molar-refractivity contribution < 1.29 is 14.7 Å². The van der Waals surface area contributed by atoms with Crippen LogP contribution in [0.4, 0.5) is 0 Å². The summed E-state index contributed by atoms with van der Waals surface area (Å²) < 4.78 is 0. The summed E-state index contributed by atoms with van der Waals surface area (Å²) in [6.07, 6.45) is 0.873. The number of Topliss-reactive ketones (excluding diaryl/α,β-unsaturated/α-hetero) is 1.